The van der Waals surface area contributed by atoms with Crippen LogP contribution in [0, 0.1) is 31.6 Å². The van der Waals surface area contributed by atoms with Crippen LogP contribution in [0.4, 0.5) is 5.69 Å². The van der Waals surface area contributed by atoms with E-state index in [2.05, 4.69) is 5.32 Å². The summed E-state index contributed by atoms with van der Waals surface area (Å²) in [5, 5.41) is 13.5. The van der Waals surface area contributed by atoms with E-state index in [-0.39, 0.29) is 5.91 Å². The molecule has 2 N–H and O–H groups in total. The van der Waals surface area contributed by atoms with Crippen LogP contribution in [0.15, 0.2) is 48.5 Å². The van der Waals surface area contributed by atoms with Gasteiger partial charge in [0.25, 0.3) is 0 Å². The molecule has 2 heterocycles. The van der Waals surface area contributed by atoms with Crippen molar-refractivity contribution < 1.29 is 19.5 Å². The monoisotopic (exact) mass is 406 g/mol. The van der Waals surface area contributed by atoms with E-state index in [0.717, 1.165) is 16.7 Å². The second-order valence-corrected chi connectivity index (χ2v) is 8.67. The van der Waals surface area contributed by atoms with Crippen molar-refractivity contribution >= 4 is 23.5 Å². The molecule has 0 bridgehead atoms. The number of imide groups is 1. The van der Waals surface area contributed by atoms with Gasteiger partial charge in [-0.25, -0.2) is 4.90 Å². The number of carbonyl (C=O) groups excluding carboxylic acids is 2. The fourth-order valence-electron chi connectivity index (χ4n) is 5.12. The number of amides is 2. The third kappa shape index (κ3) is 2.70. The van der Waals surface area contributed by atoms with Gasteiger partial charge in [-0.3, -0.25) is 19.7 Å². The summed E-state index contributed by atoms with van der Waals surface area (Å²) in [6, 6.07) is 14.3. The molecule has 6 heteroatoms. The van der Waals surface area contributed by atoms with Gasteiger partial charge in [-0.05, 0) is 37.0 Å². The molecule has 4 atom stereocenters. The molecule has 156 valence electrons. The summed E-state index contributed by atoms with van der Waals surface area (Å²) in [6.07, 6.45) is 0. The van der Waals surface area contributed by atoms with E-state index in [4.69, 9.17) is 0 Å². The number of hydrogen-bond acceptors (Lipinski definition) is 4. The number of carboxylic acid groups (broad SMARTS) is 1. The number of benzene rings is 2. The number of nitrogens with one attached hydrogen (secondary N) is 1. The summed E-state index contributed by atoms with van der Waals surface area (Å²) in [6.45, 7) is 7.35. The Morgan fingerprint density at radius 2 is 1.77 bits per heavy atom. The van der Waals surface area contributed by atoms with Crippen LogP contribution >= 0.6 is 0 Å². The van der Waals surface area contributed by atoms with Gasteiger partial charge in [0.05, 0.1) is 17.5 Å². The van der Waals surface area contributed by atoms with Crippen LogP contribution in [0.5, 0.6) is 0 Å². The molecular weight excluding hydrogens is 380 g/mol. The quantitative estimate of drug-likeness (QED) is 0.762. The van der Waals surface area contributed by atoms with Crippen molar-refractivity contribution in [3.05, 3.63) is 65.2 Å². The zero-order valence-corrected chi connectivity index (χ0v) is 17.5. The average Bonchev–Trinajstić information content (AvgIpc) is 3.18. The Morgan fingerprint density at radius 3 is 2.37 bits per heavy atom. The van der Waals surface area contributed by atoms with Crippen LogP contribution in [-0.2, 0) is 14.4 Å². The molecule has 0 aromatic heterocycles. The number of nitrogens with zero attached hydrogens (tertiary/aromatic N) is 1. The number of carboxylic acids is 1. The Labute approximate surface area is 175 Å². The molecule has 6 nitrogen and oxygen atoms in total. The number of fused-ring (bicyclic) bond motifs is 1. The van der Waals surface area contributed by atoms with Gasteiger partial charge < -0.3 is 5.11 Å². The van der Waals surface area contributed by atoms with Gasteiger partial charge in [-0.1, -0.05) is 61.9 Å². The molecule has 0 saturated carbocycles. The second kappa shape index (κ2) is 7.06. The Bertz CT molecular complexity index is 1050. The predicted molar refractivity (Wildman–Crippen MR) is 113 cm³/mol. The van der Waals surface area contributed by atoms with E-state index < -0.39 is 41.2 Å². The van der Waals surface area contributed by atoms with Crippen molar-refractivity contribution in [3.63, 3.8) is 0 Å². The summed E-state index contributed by atoms with van der Waals surface area (Å²) >= 11 is 0. The fourth-order valence-corrected chi connectivity index (χ4v) is 5.12. The zero-order chi connectivity index (χ0) is 21.8. The SMILES string of the molecule is Cc1cccc(C2NC(C(=O)O)(C(C)C)C3C(=O)N(c4ccccc4C)C(=O)C23)c1. The molecular formula is C24H26N2O4. The number of para-hydroxylation sites is 1. The van der Waals surface area contributed by atoms with Crippen LogP contribution < -0.4 is 10.2 Å². The Morgan fingerprint density at radius 1 is 1.07 bits per heavy atom. The summed E-state index contributed by atoms with van der Waals surface area (Å²) in [5.41, 5.74) is 1.62. The van der Waals surface area contributed by atoms with E-state index in [1.165, 1.54) is 4.90 Å². The van der Waals surface area contributed by atoms with Crippen molar-refractivity contribution in [3.8, 4) is 0 Å². The lowest BCUT2D eigenvalue weighted by atomic mass is 9.73. The Balaban J connectivity index is 1.91. The van der Waals surface area contributed by atoms with E-state index in [9.17, 15) is 19.5 Å². The lowest BCUT2D eigenvalue weighted by molar-refractivity contribution is -0.151. The van der Waals surface area contributed by atoms with E-state index in [0.29, 0.717) is 5.69 Å². The third-order valence-corrected chi connectivity index (χ3v) is 6.62. The molecule has 2 saturated heterocycles. The summed E-state index contributed by atoms with van der Waals surface area (Å²) < 4.78 is 0. The molecule has 4 unspecified atom stereocenters. The molecule has 2 aromatic carbocycles. The van der Waals surface area contributed by atoms with Gasteiger partial charge in [0.15, 0.2) is 0 Å². The highest BCUT2D eigenvalue weighted by molar-refractivity contribution is 6.24. The molecule has 30 heavy (non-hydrogen) atoms. The molecule has 2 amide bonds. The minimum absolute atomic E-state index is 0.345. The first-order valence-corrected chi connectivity index (χ1v) is 10.2. The largest absolute Gasteiger partial charge is 0.480 e. The smallest absolute Gasteiger partial charge is 0.325 e. The normalized spacial score (nSPS) is 28.3. The van der Waals surface area contributed by atoms with Gasteiger partial charge >= 0.3 is 5.97 Å². The van der Waals surface area contributed by atoms with Crippen LogP contribution in [0.2, 0.25) is 0 Å². The first-order valence-electron chi connectivity index (χ1n) is 10.2. The molecule has 0 aliphatic carbocycles. The van der Waals surface area contributed by atoms with Crippen molar-refractivity contribution in [2.24, 2.45) is 17.8 Å². The highest BCUT2D eigenvalue weighted by Gasteiger charge is 2.69. The van der Waals surface area contributed by atoms with Crippen LogP contribution in [0.25, 0.3) is 0 Å². The van der Waals surface area contributed by atoms with Crippen molar-refractivity contribution in [1.82, 2.24) is 5.32 Å². The fraction of sp³-hybridized carbons (Fsp3) is 0.375. The maximum Gasteiger partial charge on any atom is 0.325 e. The Hall–Kier alpha value is -2.99. The van der Waals surface area contributed by atoms with Crippen molar-refractivity contribution in [2.45, 2.75) is 39.3 Å². The number of aryl methyl sites for hydroxylation is 2. The number of hydrogen-bond donors (Lipinski definition) is 2. The van der Waals surface area contributed by atoms with Gasteiger partial charge in [0, 0.05) is 6.04 Å². The molecule has 0 spiro atoms. The minimum atomic E-state index is -1.52. The topological polar surface area (TPSA) is 86.7 Å². The molecule has 2 aliphatic rings. The molecule has 2 aliphatic heterocycles. The van der Waals surface area contributed by atoms with Crippen molar-refractivity contribution in [2.75, 3.05) is 4.90 Å². The number of carbonyl (C=O) groups is 3. The van der Waals surface area contributed by atoms with Gasteiger partial charge in [-0.15, -0.1) is 0 Å². The van der Waals surface area contributed by atoms with Gasteiger partial charge in [0.1, 0.15) is 5.54 Å². The summed E-state index contributed by atoms with van der Waals surface area (Å²) in [5.74, 6) is -4.05. The predicted octanol–water partition coefficient (Wildman–Crippen LogP) is 3.23. The summed E-state index contributed by atoms with van der Waals surface area (Å²) in [7, 11) is 0. The maximum absolute atomic E-state index is 13.6. The lowest BCUT2D eigenvalue weighted by Crippen LogP contribution is -2.59. The first-order chi connectivity index (χ1) is 14.2. The van der Waals surface area contributed by atoms with E-state index in [1.54, 1.807) is 26.0 Å². The average molecular weight is 406 g/mol. The molecule has 4 rings (SSSR count). The van der Waals surface area contributed by atoms with Crippen LogP contribution in [0.3, 0.4) is 0 Å². The molecule has 2 aromatic rings. The highest BCUT2D eigenvalue weighted by Crippen LogP contribution is 2.52. The van der Waals surface area contributed by atoms with E-state index in [1.807, 2.05) is 50.2 Å². The van der Waals surface area contributed by atoms with E-state index >= 15 is 0 Å². The second-order valence-electron chi connectivity index (χ2n) is 8.67. The number of rotatable bonds is 4. The Kier molecular flexibility index (Phi) is 4.77. The van der Waals surface area contributed by atoms with Crippen LogP contribution in [-0.4, -0.2) is 28.4 Å². The highest BCUT2D eigenvalue weighted by atomic mass is 16.4. The van der Waals surface area contributed by atoms with Crippen molar-refractivity contribution in [1.29, 1.82) is 0 Å². The van der Waals surface area contributed by atoms with Gasteiger partial charge in [-0.2, -0.15) is 0 Å². The first kappa shape index (κ1) is 20.3. The van der Waals surface area contributed by atoms with Crippen LogP contribution in [0.1, 0.15) is 36.6 Å². The molecule has 0 radical (unpaired) electrons. The summed E-state index contributed by atoms with van der Waals surface area (Å²) in [4.78, 5) is 41.0. The third-order valence-electron chi connectivity index (χ3n) is 6.62. The molecule has 2 fully saturated rings. The number of aliphatic carboxylic acids is 1. The lowest BCUT2D eigenvalue weighted by Gasteiger charge is -2.34. The standard InChI is InChI=1S/C24H26N2O4/c1-13(2)24(23(29)30)19-18(20(25-24)16-10-7-8-14(3)12-16)21(27)26(22(19)28)17-11-6-5-9-15(17)4/h5-13,18-20,25H,1-4H3,(H,29,30). The maximum atomic E-state index is 13.6. The zero-order valence-electron chi connectivity index (χ0n) is 17.5. The van der Waals surface area contributed by atoms with Gasteiger partial charge in [0.2, 0.25) is 11.8 Å². The number of anilines is 1. The minimum Gasteiger partial charge on any atom is -0.480 e.